The van der Waals surface area contributed by atoms with Crippen LogP contribution in [0.3, 0.4) is 0 Å². The number of nitriles is 2. The van der Waals surface area contributed by atoms with E-state index in [1.54, 1.807) is 36.7 Å². The lowest BCUT2D eigenvalue weighted by Gasteiger charge is -2.18. The first-order valence-electron chi connectivity index (χ1n) is 21.7. The van der Waals surface area contributed by atoms with Gasteiger partial charge in [0.1, 0.15) is 61.6 Å². The Labute approximate surface area is 394 Å². The summed E-state index contributed by atoms with van der Waals surface area (Å²) in [7, 11) is 0. The Bertz CT molecular complexity index is 2600. The van der Waals surface area contributed by atoms with Crippen molar-refractivity contribution in [2.45, 2.75) is 78.4 Å². The lowest BCUT2D eigenvalue weighted by molar-refractivity contribution is -0.140. The molecule has 4 aromatic carbocycles. The molecule has 2 unspecified atom stereocenters. The monoisotopic (exact) mass is 920 g/mol. The second-order valence-corrected chi connectivity index (χ2v) is 16.0. The number of pyridine rings is 2. The fourth-order valence-corrected chi connectivity index (χ4v) is 7.27. The molecule has 6 rings (SSSR count). The summed E-state index contributed by atoms with van der Waals surface area (Å²) in [5.74, 6) is -0.0616. The van der Waals surface area contributed by atoms with Crippen molar-refractivity contribution >= 4 is 11.9 Å². The van der Waals surface area contributed by atoms with E-state index < -0.39 is 24.1 Å². The van der Waals surface area contributed by atoms with Crippen molar-refractivity contribution < 1.29 is 49.0 Å². The summed E-state index contributed by atoms with van der Waals surface area (Å²) in [4.78, 5) is 30.3. The lowest BCUT2D eigenvalue weighted by Crippen LogP contribution is -2.28. The van der Waals surface area contributed by atoms with Gasteiger partial charge in [-0.1, -0.05) is 48.5 Å². The Hall–Kier alpha value is -7.86. The second kappa shape index (κ2) is 24.6. The first kappa shape index (κ1) is 49.6. The highest BCUT2D eigenvalue weighted by molar-refractivity contribution is 5.72. The Morgan fingerprint density at radius 2 is 1.00 bits per heavy atom. The number of ether oxygens (including phenoxy) is 4. The van der Waals surface area contributed by atoms with Gasteiger partial charge in [-0.05, 0) is 71.5 Å². The number of carboxylic acids is 2. The van der Waals surface area contributed by atoms with Crippen LogP contribution in [0.5, 0.6) is 23.0 Å². The molecule has 2 atom stereocenters. The first-order chi connectivity index (χ1) is 32.9. The van der Waals surface area contributed by atoms with Crippen LogP contribution in [0.2, 0.25) is 0 Å². The summed E-state index contributed by atoms with van der Waals surface area (Å²) in [6, 6.07) is 30.6. The van der Waals surface area contributed by atoms with Gasteiger partial charge in [-0.25, -0.2) is 0 Å². The summed E-state index contributed by atoms with van der Waals surface area (Å²) in [6.45, 7) is 5.61. The van der Waals surface area contributed by atoms with E-state index in [-0.39, 0.29) is 65.4 Å². The van der Waals surface area contributed by atoms with Crippen LogP contribution in [0.15, 0.2) is 110 Å². The Kier molecular flexibility index (Phi) is 17.9. The summed E-state index contributed by atoms with van der Waals surface area (Å²) >= 11 is 0. The fraction of sp³-hybridized carbons (Fsp3) is 0.269. The van der Waals surface area contributed by atoms with E-state index in [0.29, 0.717) is 45.3 Å². The molecule has 2 aromatic heterocycles. The third-order valence-corrected chi connectivity index (χ3v) is 10.9. The SMILES string of the molecule is Cc1c(COc2ccc(CNCC(O)CC(=O)O)c(OCc3cncc(C#N)c3)c2)cccc1-c1cccc(COc2ccc(CNCC(O)CC(=O)O)c(OCc3cncc(C#N)c3)c2)c1C. The number of aliphatic hydroxyl groups is 2. The first-order valence-corrected chi connectivity index (χ1v) is 21.7. The second-order valence-electron chi connectivity index (χ2n) is 16.0. The molecule has 6 N–H and O–H groups in total. The van der Waals surface area contributed by atoms with Gasteiger partial charge in [-0.15, -0.1) is 0 Å². The molecule has 0 saturated heterocycles. The summed E-state index contributed by atoms with van der Waals surface area (Å²) < 4.78 is 25.1. The molecule has 16 nitrogen and oxygen atoms in total. The van der Waals surface area contributed by atoms with Crippen molar-refractivity contribution in [1.29, 1.82) is 10.5 Å². The Morgan fingerprint density at radius 1 is 0.574 bits per heavy atom. The van der Waals surface area contributed by atoms with Crippen molar-refractivity contribution in [1.82, 2.24) is 20.6 Å². The molecule has 0 radical (unpaired) electrons. The smallest absolute Gasteiger partial charge is 0.306 e. The zero-order chi connectivity index (χ0) is 48.4. The molecule has 0 bridgehead atoms. The minimum Gasteiger partial charge on any atom is -0.489 e. The van der Waals surface area contributed by atoms with Gasteiger partial charge in [-0.3, -0.25) is 19.6 Å². The van der Waals surface area contributed by atoms with Gasteiger partial charge < -0.3 is 50.0 Å². The van der Waals surface area contributed by atoms with E-state index in [1.165, 1.54) is 12.4 Å². The van der Waals surface area contributed by atoms with Crippen molar-refractivity contribution in [2.75, 3.05) is 13.1 Å². The van der Waals surface area contributed by atoms with Crippen LogP contribution in [0.4, 0.5) is 0 Å². The number of carbonyl (C=O) groups is 2. The largest absolute Gasteiger partial charge is 0.489 e. The molecule has 0 spiro atoms. The van der Waals surface area contributed by atoms with E-state index in [9.17, 15) is 30.3 Å². The fourth-order valence-electron chi connectivity index (χ4n) is 7.27. The number of aliphatic hydroxyl groups excluding tert-OH is 2. The number of rotatable bonds is 25. The van der Waals surface area contributed by atoms with Crippen LogP contribution >= 0.6 is 0 Å². The molecule has 16 heteroatoms. The van der Waals surface area contributed by atoms with Gasteiger partial charge in [0.05, 0.1) is 36.2 Å². The standard InChI is InChI=1S/C52H52N6O10/c1-33-41(31-65-45-11-9-39(25-57-27-43(59)15-51(61)62)49(17-45)67-29-37-13-35(19-53)21-55-23-37)5-3-7-47(33)48-8-4-6-42(34(48)2)32-66-46-12-10-40(26-58-28-44(60)16-52(63)64)50(18-46)68-30-38-14-36(20-54)22-56-24-38/h3-14,17-18,21-24,43-44,57-60H,15-16,25-32H2,1-2H3,(H,61,62)(H,63,64). The highest BCUT2D eigenvalue weighted by atomic mass is 16.5. The van der Waals surface area contributed by atoms with Crippen LogP contribution < -0.4 is 29.6 Å². The average molecular weight is 921 g/mol. The number of aliphatic carboxylic acids is 2. The third kappa shape index (κ3) is 14.6. The van der Waals surface area contributed by atoms with Crippen LogP contribution in [0.1, 0.15) is 68.5 Å². The molecular formula is C52H52N6O10. The van der Waals surface area contributed by atoms with E-state index >= 15 is 0 Å². The van der Waals surface area contributed by atoms with Gasteiger partial charge in [0.25, 0.3) is 0 Å². The van der Waals surface area contributed by atoms with Crippen molar-refractivity contribution in [3.63, 3.8) is 0 Å². The molecule has 0 aliphatic carbocycles. The highest BCUT2D eigenvalue weighted by Gasteiger charge is 2.16. The number of nitrogens with zero attached hydrogens (tertiary/aromatic N) is 4. The minimum absolute atomic E-state index is 0.0700. The Morgan fingerprint density at radius 3 is 1.40 bits per heavy atom. The number of nitrogens with one attached hydrogen (secondary N) is 2. The molecule has 2 heterocycles. The average Bonchev–Trinajstić information content (AvgIpc) is 3.32. The predicted molar refractivity (Wildman–Crippen MR) is 249 cm³/mol. The molecule has 68 heavy (non-hydrogen) atoms. The van der Waals surface area contributed by atoms with Crippen molar-refractivity contribution in [3.8, 4) is 46.3 Å². The Balaban J connectivity index is 1.15. The number of aromatic nitrogens is 2. The molecule has 0 aliphatic heterocycles. The van der Waals surface area contributed by atoms with Crippen molar-refractivity contribution in [3.05, 3.63) is 165 Å². The molecule has 0 saturated carbocycles. The maximum Gasteiger partial charge on any atom is 0.306 e. The van der Waals surface area contributed by atoms with E-state index in [2.05, 4.69) is 58.7 Å². The minimum atomic E-state index is -1.09. The molecule has 6 aromatic rings. The molecular weight excluding hydrogens is 869 g/mol. The van der Waals surface area contributed by atoms with Crippen LogP contribution in [0, 0.1) is 36.5 Å². The summed E-state index contributed by atoms with van der Waals surface area (Å²) in [5, 5.41) is 63.0. The number of hydrogen-bond donors (Lipinski definition) is 6. The van der Waals surface area contributed by atoms with Crippen LogP contribution in [-0.4, -0.2) is 67.6 Å². The highest BCUT2D eigenvalue weighted by Crippen LogP contribution is 2.33. The maximum absolute atomic E-state index is 11.0. The number of hydrogen-bond acceptors (Lipinski definition) is 14. The molecule has 350 valence electrons. The molecule has 0 aliphatic rings. The van der Waals surface area contributed by atoms with Gasteiger partial charge in [0.2, 0.25) is 0 Å². The topological polar surface area (TPSA) is 249 Å². The van der Waals surface area contributed by atoms with Crippen LogP contribution in [0.25, 0.3) is 11.1 Å². The lowest BCUT2D eigenvalue weighted by atomic mass is 9.92. The zero-order valence-corrected chi connectivity index (χ0v) is 37.6. The molecule has 0 amide bonds. The van der Waals surface area contributed by atoms with Gasteiger partial charge in [0.15, 0.2) is 0 Å². The van der Waals surface area contributed by atoms with Gasteiger partial charge in [-0.2, -0.15) is 10.5 Å². The summed E-state index contributed by atoms with van der Waals surface area (Å²) in [6.07, 6.45) is 3.32. The van der Waals surface area contributed by atoms with Crippen LogP contribution in [-0.2, 0) is 49.1 Å². The number of benzene rings is 4. The van der Waals surface area contributed by atoms with E-state index in [4.69, 9.17) is 29.2 Å². The van der Waals surface area contributed by atoms with Gasteiger partial charge in [0, 0.05) is 85.4 Å². The van der Waals surface area contributed by atoms with E-state index in [0.717, 1.165) is 44.5 Å². The van der Waals surface area contributed by atoms with Crippen molar-refractivity contribution in [2.24, 2.45) is 0 Å². The summed E-state index contributed by atoms with van der Waals surface area (Å²) in [5.41, 5.74) is 9.80. The normalized spacial score (nSPS) is 11.7. The quantitative estimate of drug-likeness (QED) is 0.0351. The van der Waals surface area contributed by atoms with E-state index in [1.807, 2.05) is 48.5 Å². The predicted octanol–water partition coefficient (Wildman–Crippen LogP) is 6.67. The molecule has 0 fully saturated rings. The zero-order valence-electron chi connectivity index (χ0n) is 37.6. The van der Waals surface area contributed by atoms with Gasteiger partial charge >= 0.3 is 11.9 Å². The third-order valence-electron chi connectivity index (χ3n) is 10.9. The maximum atomic E-state index is 11.0. The number of carboxylic acid groups (broad SMARTS) is 2.